The fourth-order valence-corrected chi connectivity index (χ4v) is 3.38. The highest BCUT2D eigenvalue weighted by molar-refractivity contribution is 5.93. The van der Waals surface area contributed by atoms with Gasteiger partial charge in [0.2, 0.25) is 11.8 Å². The average molecular weight is 351 g/mol. The molecule has 0 saturated heterocycles. The molecule has 0 bridgehead atoms. The second-order valence-corrected chi connectivity index (χ2v) is 6.63. The van der Waals surface area contributed by atoms with Gasteiger partial charge in [-0.25, -0.2) is 0 Å². The minimum Gasteiger partial charge on any atom is -0.355 e. The third-order valence-electron chi connectivity index (χ3n) is 4.70. The van der Waals surface area contributed by atoms with Crippen LogP contribution in [0.5, 0.6) is 0 Å². The Balaban J connectivity index is 1.75. The molecule has 0 radical (unpaired) electrons. The molecule has 1 heterocycles. The summed E-state index contributed by atoms with van der Waals surface area (Å²) >= 11 is 0. The minimum atomic E-state index is -0.0127. The molecule has 2 amide bonds. The number of nitrogens with zero attached hydrogens (tertiary/aromatic N) is 1. The number of fused-ring (bicyclic) bond motifs is 1. The van der Waals surface area contributed by atoms with E-state index in [1.807, 2.05) is 35.2 Å². The van der Waals surface area contributed by atoms with Gasteiger partial charge in [0.25, 0.3) is 0 Å². The Bertz CT molecular complexity index is 799. The van der Waals surface area contributed by atoms with Crippen LogP contribution in [0.25, 0.3) is 11.1 Å². The molecule has 0 spiro atoms. The molecular formula is C21H25N3O2. The van der Waals surface area contributed by atoms with Gasteiger partial charge in [-0.05, 0) is 47.2 Å². The lowest BCUT2D eigenvalue weighted by molar-refractivity contribution is -0.120. The number of amides is 2. The first kappa shape index (κ1) is 18.1. The summed E-state index contributed by atoms with van der Waals surface area (Å²) in [5, 5.41) is 2.78. The molecule has 1 aliphatic rings. The van der Waals surface area contributed by atoms with Crippen LogP contribution in [0.1, 0.15) is 24.5 Å². The van der Waals surface area contributed by atoms with Crippen LogP contribution in [-0.2, 0) is 22.4 Å². The van der Waals surface area contributed by atoms with Gasteiger partial charge < -0.3 is 16.0 Å². The van der Waals surface area contributed by atoms with Crippen molar-refractivity contribution < 1.29 is 9.59 Å². The first-order valence-corrected chi connectivity index (χ1v) is 9.05. The van der Waals surface area contributed by atoms with Gasteiger partial charge in [-0.15, -0.1) is 0 Å². The van der Waals surface area contributed by atoms with E-state index in [1.54, 1.807) is 6.92 Å². The Morgan fingerprint density at radius 2 is 1.85 bits per heavy atom. The molecule has 0 aliphatic carbocycles. The maximum Gasteiger partial charge on any atom is 0.224 e. The summed E-state index contributed by atoms with van der Waals surface area (Å²) < 4.78 is 0. The molecule has 5 nitrogen and oxygen atoms in total. The van der Waals surface area contributed by atoms with Crippen molar-refractivity contribution in [2.75, 3.05) is 24.5 Å². The summed E-state index contributed by atoms with van der Waals surface area (Å²) in [6.07, 6.45) is 2.34. The van der Waals surface area contributed by atoms with E-state index in [1.165, 1.54) is 5.56 Å². The molecule has 0 saturated carbocycles. The number of hydrogen-bond donors (Lipinski definition) is 2. The SMILES string of the molecule is CC(=O)N1CCCc2cc(-c3ccc(CC(=O)NCCN)cc3)ccc21. The van der Waals surface area contributed by atoms with E-state index in [4.69, 9.17) is 5.73 Å². The summed E-state index contributed by atoms with van der Waals surface area (Å²) in [6.45, 7) is 3.36. The summed E-state index contributed by atoms with van der Waals surface area (Å²) in [6, 6.07) is 14.3. The Morgan fingerprint density at radius 1 is 1.12 bits per heavy atom. The molecule has 0 fully saturated rings. The molecule has 0 atom stereocenters. The number of carbonyl (C=O) groups excluding carboxylic acids is 2. The number of aryl methyl sites for hydroxylation is 1. The molecule has 0 aromatic heterocycles. The fourth-order valence-electron chi connectivity index (χ4n) is 3.38. The Labute approximate surface area is 154 Å². The lowest BCUT2D eigenvalue weighted by Gasteiger charge is -2.29. The Kier molecular flexibility index (Phi) is 5.68. The first-order chi connectivity index (χ1) is 12.6. The van der Waals surface area contributed by atoms with Crippen molar-refractivity contribution in [3.8, 4) is 11.1 Å². The number of nitrogens with two attached hydrogens (primary N) is 1. The number of carbonyl (C=O) groups is 2. The van der Waals surface area contributed by atoms with Crippen molar-refractivity contribution in [1.82, 2.24) is 5.32 Å². The van der Waals surface area contributed by atoms with E-state index in [0.717, 1.165) is 41.8 Å². The van der Waals surface area contributed by atoms with Gasteiger partial charge in [0, 0.05) is 32.2 Å². The summed E-state index contributed by atoms with van der Waals surface area (Å²) in [5.74, 6) is 0.0808. The highest BCUT2D eigenvalue weighted by Gasteiger charge is 2.20. The highest BCUT2D eigenvalue weighted by atomic mass is 16.2. The monoisotopic (exact) mass is 351 g/mol. The average Bonchev–Trinajstić information content (AvgIpc) is 2.66. The minimum absolute atomic E-state index is 0.0127. The van der Waals surface area contributed by atoms with Crippen molar-refractivity contribution in [2.24, 2.45) is 5.73 Å². The quantitative estimate of drug-likeness (QED) is 0.868. The standard InChI is InChI=1S/C21H25N3O2/c1-15(25)24-12-2-3-19-14-18(8-9-20(19)24)17-6-4-16(5-7-17)13-21(26)23-11-10-22/h4-9,14H,2-3,10-13,22H2,1H3,(H,23,26). The van der Waals surface area contributed by atoms with Crippen LogP contribution >= 0.6 is 0 Å². The van der Waals surface area contributed by atoms with Crippen molar-refractivity contribution in [3.05, 3.63) is 53.6 Å². The number of rotatable bonds is 5. The number of benzene rings is 2. The van der Waals surface area contributed by atoms with Crippen LogP contribution in [0, 0.1) is 0 Å². The zero-order valence-corrected chi connectivity index (χ0v) is 15.1. The predicted octanol–water partition coefficient (Wildman–Crippen LogP) is 2.27. The summed E-state index contributed by atoms with van der Waals surface area (Å²) in [7, 11) is 0. The zero-order valence-electron chi connectivity index (χ0n) is 15.1. The van der Waals surface area contributed by atoms with E-state index >= 15 is 0 Å². The van der Waals surface area contributed by atoms with Crippen LogP contribution in [0.4, 0.5) is 5.69 Å². The third-order valence-corrected chi connectivity index (χ3v) is 4.70. The van der Waals surface area contributed by atoms with E-state index in [9.17, 15) is 9.59 Å². The second kappa shape index (κ2) is 8.15. The van der Waals surface area contributed by atoms with Crippen molar-refractivity contribution in [3.63, 3.8) is 0 Å². The van der Waals surface area contributed by atoms with Crippen molar-refractivity contribution >= 4 is 17.5 Å². The predicted molar refractivity (Wildman–Crippen MR) is 104 cm³/mol. The molecule has 3 N–H and O–H groups in total. The fraction of sp³-hybridized carbons (Fsp3) is 0.333. The van der Waals surface area contributed by atoms with Crippen LogP contribution in [0.15, 0.2) is 42.5 Å². The van der Waals surface area contributed by atoms with Gasteiger partial charge in [0.15, 0.2) is 0 Å². The van der Waals surface area contributed by atoms with Crippen LogP contribution in [0.2, 0.25) is 0 Å². The molecular weight excluding hydrogens is 326 g/mol. The summed E-state index contributed by atoms with van der Waals surface area (Å²) in [4.78, 5) is 25.4. The van der Waals surface area contributed by atoms with Gasteiger partial charge in [-0.3, -0.25) is 9.59 Å². The molecule has 2 aromatic carbocycles. The van der Waals surface area contributed by atoms with Gasteiger partial charge >= 0.3 is 0 Å². The van der Waals surface area contributed by atoms with E-state index in [-0.39, 0.29) is 11.8 Å². The van der Waals surface area contributed by atoms with Gasteiger partial charge in [-0.2, -0.15) is 0 Å². The number of anilines is 1. The van der Waals surface area contributed by atoms with Gasteiger partial charge in [0.1, 0.15) is 0 Å². The van der Waals surface area contributed by atoms with E-state index < -0.39 is 0 Å². The van der Waals surface area contributed by atoms with Crippen LogP contribution in [0.3, 0.4) is 0 Å². The normalized spacial score (nSPS) is 13.2. The lowest BCUT2D eigenvalue weighted by atomic mass is 9.95. The van der Waals surface area contributed by atoms with Crippen molar-refractivity contribution in [2.45, 2.75) is 26.2 Å². The van der Waals surface area contributed by atoms with Gasteiger partial charge in [0.05, 0.1) is 6.42 Å². The number of nitrogens with one attached hydrogen (secondary N) is 1. The molecule has 3 rings (SSSR count). The van der Waals surface area contributed by atoms with Crippen molar-refractivity contribution in [1.29, 1.82) is 0 Å². The smallest absolute Gasteiger partial charge is 0.224 e. The molecule has 1 aliphatic heterocycles. The molecule has 136 valence electrons. The lowest BCUT2D eigenvalue weighted by Crippen LogP contribution is -2.33. The first-order valence-electron chi connectivity index (χ1n) is 9.05. The Hall–Kier alpha value is -2.66. The summed E-state index contributed by atoms with van der Waals surface area (Å²) in [5.41, 5.74) is 10.9. The largest absolute Gasteiger partial charge is 0.355 e. The van der Waals surface area contributed by atoms with Gasteiger partial charge in [-0.1, -0.05) is 30.3 Å². The molecule has 0 unspecified atom stereocenters. The van der Waals surface area contributed by atoms with E-state index in [0.29, 0.717) is 19.5 Å². The maximum atomic E-state index is 11.8. The molecule has 26 heavy (non-hydrogen) atoms. The zero-order chi connectivity index (χ0) is 18.5. The Morgan fingerprint density at radius 3 is 2.54 bits per heavy atom. The highest BCUT2D eigenvalue weighted by Crippen LogP contribution is 2.31. The maximum absolute atomic E-state index is 11.8. The van der Waals surface area contributed by atoms with Crippen LogP contribution < -0.4 is 16.0 Å². The third kappa shape index (κ3) is 4.11. The van der Waals surface area contributed by atoms with Crippen LogP contribution in [-0.4, -0.2) is 31.4 Å². The van der Waals surface area contributed by atoms with E-state index in [2.05, 4.69) is 17.4 Å². The molecule has 5 heteroatoms. The number of hydrogen-bond acceptors (Lipinski definition) is 3. The topological polar surface area (TPSA) is 75.4 Å². The second-order valence-electron chi connectivity index (χ2n) is 6.63. The molecule has 2 aromatic rings.